The van der Waals surface area contributed by atoms with Crippen LogP contribution in [0.5, 0.6) is 0 Å². The predicted molar refractivity (Wildman–Crippen MR) is 66.9 cm³/mol. The van der Waals surface area contributed by atoms with E-state index in [-0.39, 0.29) is 6.04 Å². The first-order chi connectivity index (χ1) is 8.06. The standard InChI is InChI=1S/C12H24F2N2O2/c1-6-9(2)15-7-12(13,14)8-16-10(17)18-11(3,4)5/h9,15H,6-8H2,1-5H3,(H,16,17). The second-order valence-electron chi connectivity index (χ2n) is 5.40. The maximum Gasteiger partial charge on any atom is 0.407 e. The maximum absolute atomic E-state index is 13.4. The molecule has 0 fully saturated rings. The highest BCUT2D eigenvalue weighted by Gasteiger charge is 2.30. The smallest absolute Gasteiger partial charge is 0.407 e. The molecule has 0 aliphatic rings. The molecule has 0 aromatic carbocycles. The van der Waals surface area contributed by atoms with Crippen molar-refractivity contribution in [2.75, 3.05) is 13.1 Å². The van der Waals surface area contributed by atoms with Crippen molar-refractivity contribution in [3.05, 3.63) is 0 Å². The highest BCUT2D eigenvalue weighted by Crippen LogP contribution is 2.12. The van der Waals surface area contributed by atoms with E-state index in [9.17, 15) is 13.6 Å². The zero-order valence-electron chi connectivity index (χ0n) is 11.8. The lowest BCUT2D eigenvalue weighted by atomic mass is 10.2. The Morgan fingerprint density at radius 2 is 1.83 bits per heavy atom. The average Bonchev–Trinajstić information content (AvgIpc) is 2.21. The number of nitrogens with one attached hydrogen (secondary N) is 2. The molecule has 0 radical (unpaired) electrons. The molecule has 1 atom stereocenters. The van der Waals surface area contributed by atoms with Crippen molar-refractivity contribution in [3.8, 4) is 0 Å². The van der Waals surface area contributed by atoms with Crippen molar-refractivity contribution in [2.45, 2.75) is 58.6 Å². The zero-order chi connectivity index (χ0) is 14.4. The summed E-state index contributed by atoms with van der Waals surface area (Å²) in [5.41, 5.74) is -0.686. The molecule has 0 saturated carbocycles. The van der Waals surface area contributed by atoms with E-state index < -0.39 is 30.7 Å². The Bertz CT molecular complexity index is 265. The Balaban J connectivity index is 3.99. The van der Waals surface area contributed by atoms with E-state index in [2.05, 4.69) is 10.6 Å². The van der Waals surface area contributed by atoms with Gasteiger partial charge in [-0.3, -0.25) is 0 Å². The quantitative estimate of drug-likeness (QED) is 0.776. The summed E-state index contributed by atoms with van der Waals surface area (Å²) in [6, 6.07) is 0.0254. The van der Waals surface area contributed by atoms with Crippen molar-refractivity contribution in [1.82, 2.24) is 10.6 Å². The third-order valence-electron chi connectivity index (χ3n) is 2.21. The second kappa shape index (κ2) is 6.87. The van der Waals surface area contributed by atoms with Gasteiger partial charge in [0.2, 0.25) is 0 Å². The Kier molecular flexibility index (Phi) is 6.52. The zero-order valence-corrected chi connectivity index (χ0v) is 11.8. The molecule has 0 aliphatic carbocycles. The van der Waals surface area contributed by atoms with Gasteiger partial charge in [0.15, 0.2) is 0 Å². The van der Waals surface area contributed by atoms with E-state index in [1.165, 1.54) is 0 Å². The van der Waals surface area contributed by atoms with Crippen LogP contribution in [-0.2, 0) is 4.74 Å². The van der Waals surface area contributed by atoms with E-state index in [1.807, 2.05) is 13.8 Å². The van der Waals surface area contributed by atoms with Crippen LogP contribution in [0.1, 0.15) is 41.0 Å². The summed E-state index contributed by atoms with van der Waals surface area (Å²) in [6.45, 7) is 7.58. The van der Waals surface area contributed by atoms with E-state index >= 15 is 0 Å². The summed E-state index contributed by atoms with van der Waals surface area (Å²) >= 11 is 0. The van der Waals surface area contributed by atoms with Crippen LogP contribution in [0.2, 0.25) is 0 Å². The van der Waals surface area contributed by atoms with Gasteiger partial charge in [-0.15, -0.1) is 0 Å². The third kappa shape index (κ3) is 9.15. The summed E-state index contributed by atoms with van der Waals surface area (Å²) in [5, 5.41) is 4.77. The predicted octanol–water partition coefficient (Wildman–Crippen LogP) is 2.53. The number of alkyl halides is 2. The fourth-order valence-electron chi connectivity index (χ4n) is 1.05. The Morgan fingerprint density at radius 3 is 2.28 bits per heavy atom. The molecule has 0 heterocycles. The molecule has 0 rings (SSSR count). The van der Waals surface area contributed by atoms with Gasteiger partial charge in [-0.25, -0.2) is 13.6 Å². The molecule has 0 aromatic heterocycles. The molecule has 0 bridgehead atoms. The SMILES string of the molecule is CCC(C)NCC(F)(F)CNC(=O)OC(C)(C)C. The Hall–Kier alpha value is -0.910. The normalized spacial score (nSPS) is 14.2. The van der Waals surface area contributed by atoms with Gasteiger partial charge < -0.3 is 15.4 Å². The van der Waals surface area contributed by atoms with Gasteiger partial charge in [-0.2, -0.15) is 0 Å². The number of amides is 1. The van der Waals surface area contributed by atoms with E-state index in [0.717, 1.165) is 6.42 Å². The van der Waals surface area contributed by atoms with Crippen molar-refractivity contribution in [3.63, 3.8) is 0 Å². The van der Waals surface area contributed by atoms with Crippen LogP contribution in [-0.4, -0.2) is 36.7 Å². The van der Waals surface area contributed by atoms with Crippen molar-refractivity contribution >= 4 is 6.09 Å². The molecule has 6 heteroatoms. The fraction of sp³-hybridized carbons (Fsp3) is 0.917. The van der Waals surface area contributed by atoms with Crippen LogP contribution in [0.3, 0.4) is 0 Å². The summed E-state index contributed by atoms with van der Waals surface area (Å²) in [7, 11) is 0. The molecular weight excluding hydrogens is 242 g/mol. The molecular formula is C12H24F2N2O2. The van der Waals surface area contributed by atoms with Gasteiger partial charge in [0, 0.05) is 6.04 Å². The minimum absolute atomic E-state index is 0.0254. The van der Waals surface area contributed by atoms with Crippen LogP contribution in [0.4, 0.5) is 13.6 Å². The van der Waals surface area contributed by atoms with Crippen molar-refractivity contribution < 1.29 is 18.3 Å². The topological polar surface area (TPSA) is 50.4 Å². The lowest BCUT2D eigenvalue weighted by Gasteiger charge is -2.23. The van der Waals surface area contributed by atoms with Gasteiger partial charge in [0.25, 0.3) is 5.92 Å². The van der Waals surface area contributed by atoms with Crippen molar-refractivity contribution in [2.24, 2.45) is 0 Å². The van der Waals surface area contributed by atoms with E-state index in [1.54, 1.807) is 20.8 Å². The maximum atomic E-state index is 13.4. The number of rotatable bonds is 6. The summed E-state index contributed by atoms with van der Waals surface area (Å²) in [6.07, 6.45) is -0.0547. The molecule has 0 spiro atoms. The number of ether oxygens (including phenoxy) is 1. The third-order valence-corrected chi connectivity index (χ3v) is 2.21. The molecule has 0 aromatic rings. The largest absolute Gasteiger partial charge is 0.444 e. The number of alkyl carbamates (subject to hydrolysis) is 1. The number of carbonyl (C=O) groups excluding carboxylic acids is 1. The lowest BCUT2D eigenvalue weighted by molar-refractivity contribution is -0.00525. The minimum atomic E-state index is -2.99. The molecule has 0 saturated heterocycles. The van der Waals surface area contributed by atoms with Crippen molar-refractivity contribution in [1.29, 1.82) is 0 Å². The number of carbonyl (C=O) groups is 1. The average molecular weight is 266 g/mol. The van der Waals surface area contributed by atoms with Gasteiger partial charge in [0.05, 0.1) is 13.1 Å². The highest BCUT2D eigenvalue weighted by atomic mass is 19.3. The van der Waals surface area contributed by atoms with Gasteiger partial charge in [0.1, 0.15) is 5.60 Å². The van der Waals surface area contributed by atoms with Crippen LogP contribution >= 0.6 is 0 Å². The molecule has 2 N–H and O–H groups in total. The minimum Gasteiger partial charge on any atom is -0.444 e. The molecule has 1 amide bonds. The molecule has 1 unspecified atom stereocenters. The van der Waals surface area contributed by atoms with Crippen LogP contribution in [0, 0.1) is 0 Å². The van der Waals surface area contributed by atoms with Gasteiger partial charge in [-0.05, 0) is 34.1 Å². The van der Waals surface area contributed by atoms with Crippen LogP contribution in [0.15, 0.2) is 0 Å². The highest BCUT2D eigenvalue weighted by molar-refractivity contribution is 5.67. The van der Waals surface area contributed by atoms with Crippen LogP contribution < -0.4 is 10.6 Å². The number of hydrogen-bond donors (Lipinski definition) is 2. The van der Waals surface area contributed by atoms with E-state index in [4.69, 9.17) is 4.74 Å². The first-order valence-electron chi connectivity index (χ1n) is 6.14. The summed E-state index contributed by atoms with van der Waals surface area (Å²) < 4.78 is 31.6. The summed E-state index contributed by atoms with van der Waals surface area (Å²) in [5.74, 6) is -2.99. The number of hydrogen-bond acceptors (Lipinski definition) is 3. The Labute approximate surface area is 107 Å². The molecule has 4 nitrogen and oxygen atoms in total. The molecule has 18 heavy (non-hydrogen) atoms. The first-order valence-corrected chi connectivity index (χ1v) is 6.14. The Morgan fingerprint density at radius 1 is 1.28 bits per heavy atom. The lowest BCUT2D eigenvalue weighted by Crippen LogP contribution is -2.46. The molecule has 0 aliphatic heterocycles. The van der Waals surface area contributed by atoms with Crippen LogP contribution in [0.25, 0.3) is 0 Å². The molecule has 108 valence electrons. The second-order valence-corrected chi connectivity index (χ2v) is 5.40. The number of halogens is 2. The summed E-state index contributed by atoms with van der Waals surface area (Å²) in [4.78, 5) is 11.2. The van der Waals surface area contributed by atoms with Gasteiger partial charge in [-0.1, -0.05) is 6.92 Å². The fourth-order valence-corrected chi connectivity index (χ4v) is 1.05. The van der Waals surface area contributed by atoms with E-state index in [0.29, 0.717) is 0 Å². The monoisotopic (exact) mass is 266 g/mol. The first kappa shape index (κ1) is 17.1. The van der Waals surface area contributed by atoms with Gasteiger partial charge >= 0.3 is 6.09 Å².